The summed E-state index contributed by atoms with van der Waals surface area (Å²) in [6.07, 6.45) is 3.26. The third-order valence-corrected chi connectivity index (χ3v) is 2.82. The van der Waals surface area contributed by atoms with E-state index in [-0.39, 0.29) is 0 Å². The fraction of sp³-hybridized carbons (Fsp3) is 0.455. The molecule has 1 aromatic carbocycles. The van der Waals surface area contributed by atoms with E-state index in [9.17, 15) is 0 Å². The number of halogens is 2. The predicted molar refractivity (Wildman–Crippen MR) is 69.7 cm³/mol. The van der Waals surface area contributed by atoms with Crippen molar-refractivity contribution in [3.8, 4) is 5.75 Å². The molecule has 0 saturated heterocycles. The molecule has 0 heterocycles. The second-order valence-corrected chi connectivity index (χ2v) is 4.50. The van der Waals surface area contributed by atoms with Gasteiger partial charge >= 0.3 is 0 Å². The summed E-state index contributed by atoms with van der Waals surface area (Å²) in [6.45, 7) is 0.674. The van der Waals surface area contributed by atoms with Crippen LogP contribution in [0.3, 0.4) is 0 Å². The van der Waals surface area contributed by atoms with E-state index >= 15 is 0 Å². The lowest BCUT2D eigenvalue weighted by atomic mass is 10.2. The molecule has 0 aliphatic heterocycles. The molecule has 84 valence electrons. The minimum Gasteiger partial charge on any atom is -0.492 e. The van der Waals surface area contributed by atoms with Crippen molar-refractivity contribution in [1.29, 1.82) is 0 Å². The average Bonchev–Trinajstić information content (AvgIpc) is 2.23. The first kappa shape index (κ1) is 13.0. The first-order valence-corrected chi connectivity index (χ1v) is 6.31. The molecule has 1 nitrogen and oxygen atoms in total. The molecule has 0 unspecified atom stereocenters. The highest BCUT2D eigenvalue weighted by atomic mass is 35.5. The summed E-state index contributed by atoms with van der Waals surface area (Å²) in [5.41, 5.74) is 0. The van der Waals surface area contributed by atoms with Gasteiger partial charge in [-0.3, -0.25) is 0 Å². The van der Waals surface area contributed by atoms with E-state index < -0.39 is 0 Å². The van der Waals surface area contributed by atoms with E-state index in [1.807, 2.05) is 0 Å². The van der Waals surface area contributed by atoms with Crippen molar-refractivity contribution in [1.82, 2.24) is 0 Å². The van der Waals surface area contributed by atoms with Crippen LogP contribution in [-0.4, -0.2) is 12.4 Å². The van der Waals surface area contributed by atoms with Crippen molar-refractivity contribution in [2.24, 2.45) is 0 Å². The number of hydrogen-bond donors (Lipinski definition) is 1. The van der Waals surface area contributed by atoms with Crippen LogP contribution in [0.25, 0.3) is 0 Å². The molecule has 0 spiro atoms. The van der Waals surface area contributed by atoms with Gasteiger partial charge < -0.3 is 4.74 Å². The molecular formula is C11H14Cl2OS. The van der Waals surface area contributed by atoms with Crippen LogP contribution < -0.4 is 4.74 Å². The Hall–Kier alpha value is -0.0500. The average molecular weight is 265 g/mol. The Labute approximate surface area is 106 Å². The Bertz CT molecular complexity index is 305. The maximum absolute atomic E-state index is 5.94. The van der Waals surface area contributed by atoms with Gasteiger partial charge in [0.15, 0.2) is 0 Å². The largest absolute Gasteiger partial charge is 0.492 e. The van der Waals surface area contributed by atoms with Crippen LogP contribution >= 0.6 is 35.8 Å². The van der Waals surface area contributed by atoms with Crippen LogP contribution in [0.2, 0.25) is 10.0 Å². The zero-order chi connectivity index (χ0) is 11.1. The minimum atomic E-state index is 0.605. The molecule has 0 aliphatic rings. The summed E-state index contributed by atoms with van der Waals surface area (Å²) in [5.74, 6) is 1.59. The highest BCUT2D eigenvalue weighted by Crippen LogP contribution is 2.27. The zero-order valence-electron chi connectivity index (χ0n) is 8.38. The molecule has 1 rings (SSSR count). The molecule has 0 fully saturated rings. The summed E-state index contributed by atoms with van der Waals surface area (Å²) in [6, 6.07) is 5.23. The summed E-state index contributed by atoms with van der Waals surface area (Å²) >= 11 is 15.9. The Morgan fingerprint density at radius 3 is 2.67 bits per heavy atom. The number of benzene rings is 1. The van der Waals surface area contributed by atoms with E-state index in [0.717, 1.165) is 25.0 Å². The van der Waals surface area contributed by atoms with Gasteiger partial charge in [-0.2, -0.15) is 12.6 Å². The van der Waals surface area contributed by atoms with E-state index in [4.69, 9.17) is 27.9 Å². The fourth-order valence-corrected chi connectivity index (χ4v) is 1.72. The van der Waals surface area contributed by atoms with Gasteiger partial charge in [-0.15, -0.1) is 0 Å². The van der Waals surface area contributed by atoms with E-state index in [1.165, 1.54) is 0 Å². The highest BCUT2D eigenvalue weighted by molar-refractivity contribution is 7.80. The lowest BCUT2D eigenvalue weighted by molar-refractivity contribution is 0.306. The Balaban J connectivity index is 2.33. The van der Waals surface area contributed by atoms with Gasteiger partial charge in [-0.05, 0) is 37.1 Å². The zero-order valence-corrected chi connectivity index (χ0v) is 10.8. The maximum Gasteiger partial charge on any atom is 0.139 e. The smallest absolute Gasteiger partial charge is 0.139 e. The Kier molecular flexibility index (Phi) is 6.30. The quantitative estimate of drug-likeness (QED) is 0.589. The molecule has 0 atom stereocenters. The van der Waals surface area contributed by atoms with E-state index in [0.29, 0.717) is 22.4 Å². The van der Waals surface area contributed by atoms with Crippen molar-refractivity contribution in [2.75, 3.05) is 12.4 Å². The van der Waals surface area contributed by atoms with Gasteiger partial charge in [-0.1, -0.05) is 23.2 Å². The van der Waals surface area contributed by atoms with Gasteiger partial charge in [0.1, 0.15) is 5.75 Å². The number of rotatable bonds is 6. The van der Waals surface area contributed by atoms with E-state index in [2.05, 4.69) is 12.6 Å². The molecule has 15 heavy (non-hydrogen) atoms. The first-order valence-electron chi connectivity index (χ1n) is 4.93. The molecule has 0 amide bonds. The van der Waals surface area contributed by atoms with Crippen molar-refractivity contribution < 1.29 is 4.74 Å². The van der Waals surface area contributed by atoms with Gasteiger partial charge in [0.25, 0.3) is 0 Å². The summed E-state index contributed by atoms with van der Waals surface area (Å²) < 4.78 is 5.52. The second-order valence-electron chi connectivity index (χ2n) is 3.21. The summed E-state index contributed by atoms with van der Waals surface area (Å²) in [4.78, 5) is 0. The van der Waals surface area contributed by atoms with Crippen LogP contribution in [0, 0.1) is 0 Å². The monoisotopic (exact) mass is 264 g/mol. The highest BCUT2D eigenvalue weighted by Gasteiger charge is 2.01. The topological polar surface area (TPSA) is 9.23 Å². The van der Waals surface area contributed by atoms with Crippen molar-refractivity contribution in [3.05, 3.63) is 28.2 Å². The minimum absolute atomic E-state index is 0.605. The van der Waals surface area contributed by atoms with Gasteiger partial charge in [0, 0.05) is 11.1 Å². The third kappa shape index (κ3) is 5.01. The van der Waals surface area contributed by atoms with Crippen LogP contribution in [-0.2, 0) is 0 Å². The number of unbranched alkanes of at least 4 members (excludes halogenated alkanes) is 2. The lowest BCUT2D eigenvalue weighted by Crippen LogP contribution is -1.97. The van der Waals surface area contributed by atoms with Crippen LogP contribution in [0.4, 0.5) is 0 Å². The standard InChI is InChI=1S/C11H14Cl2OS/c12-9-4-5-10(13)11(8-9)14-6-2-1-3-7-15/h4-5,8,15H,1-3,6-7H2. The number of thiol groups is 1. The molecular weight excluding hydrogens is 251 g/mol. The third-order valence-electron chi connectivity index (χ3n) is 1.95. The van der Waals surface area contributed by atoms with Gasteiger partial charge in [0.05, 0.1) is 11.6 Å². The molecule has 4 heteroatoms. The first-order chi connectivity index (χ1) is 7.24. The van der Waals surface area contributed by atoms with E-state index in [1.54, 1.807) is 18.2 Å². The summed E-state index contributed by atoms with van der Waals surface area (Å²) in [7, 11) is 0. The van der Waals surface area contributed by atoms with Crippen molar-refractivity contribution in [2.45, 2.75) is 19.3 Å². The maximum atomic E-state index is 5.94. The predicted octanol–water partition coefficient (Wildman–Crippen LogP) is 4.47. The van der Waals surface area contributed by atoms with Gasteiger partial charge in [-0.25, -0.2) is 0 Å². The van der Waals surface area contributed by atoms with Gasteiger partial charge in [0.2, 0.25) is 0 Å². The lowest BCUT2D eigenvalue weighted by Gasteiger charge is -2.07. The van der Waals surface area contributed by atoms with Crippen molar-refractivity contribution in [3.63, 3.8) is 0 Å². The second kappa shape index (κ2) is 7.26. The summed E-state index contributed by atoms with van der Waals surface area (Å²) in [5, 5.41) is 1.25. The van der Waals surface area contributed by atoms with Crippen molar-refractivity contribution >= 4 is 35.8 Å². The molecule has 0 aromatic heterocycles. The van der Waals surface area contributed by atoms with Crippen LogP contribution in [0.1, 0.15) is 19.3 Å². The molecule has 0 aliphatic carbocycles. The van der Waals surface area contributed by atoms with Crippen LogP contribution in [0.15, 0.2) is 18.2 Å². The molecule has 0 N–H and O–H groups in total. The number of hydrogen-bond acceptors (Lipinski definition) is 2. The fourth-order valence-electron chi connectivity index (χ4n) is 1.16. The SMILES string of the molecule is SCCCCCOc1cc(Cl)ccc1Cl. The Morgan fingerprint density at radius 1 is 1.13 bits per heavy atom. The molecule has 1 aromatic rings. The molecule has 0 radical (unpaired) electrons. The normalized spacial score (nSPS) is 10.3. The number of ether oxygens (including phenoxy) is 1. The molecule has 0 bridgehead atoms. The van der Waals surface area contributed by atoms with Crippen LogP contribution in [0.5, 0.6) is 5.75 Å². The molecule has 0 saturated carbocycles. The Morgan fingerprint density at radius 2 is 1.93 bits per heavy atom.